The van der Waals surface area contributed by atoms with Gasteiger partial charge in [-0.1, -0.05) is 12.1 Å². The molecule has 0 spiro atoms. The van der Waals surface area contributed by atoms with Crippen LogP contribution in [0, 0.1) is 13.0 Å². The minimum atomic E-state index is -0.450. The molecule has 33 heavy (non-hydrogen) atoms. The zero-order valence-electron chi connectivity index (χ0n) is 17.4. The molecule has 0 aromatic heterocycles. The van der Waals surface area contributed by atoms with Crippen LogP contribution in [-0.4, -0.2) is 46.5 Å². The van der Waals surface area contributed by atoms with E-state index in [2.05, 4.69) is 45.2 Å². The minimum Gasteiger partial charge on any atom is -0.487 e. The second-order valence-corrected chi connectivity index (χ2v) is 10.9. The second kappa shape index (κ2) is 10.7. The van der Waals surface area contributed by atoms with Gasteiger partial charge in [0.25, 0.3) is 11.1 Å². The van der Waals surface area contributed by atoms with Gasteiger partial charge < -0.3 is 9.64 Å². The van der Waals surface area contributed by atoms with Crippen LogP contribution in [0.15, 0.2) is 41.3 Å². The number of rotatable bonds is 6. The molecule has 6 nitrogen and oxygen atoms in total. The maximum Gasteiger partial charge on any atom is 0.294 e. The van der Waals surface area contributed by atoms with Gasteiger partial charge in [0.1, 0.15) is 24.7 Å². The van der Waals surface area contributed by atoms with Crippen molar-refractivity contribution in [2.24, 2.45) is 0 Å². The van der Waals surface area contributed by atoms with E-state index in [0.717, 1.165) is 47.8 Å². The van der Waals surface area contributed by atoms with E-state index >= 15 is 0 Å². The second-order valence-electron chi connectivity index (χ2n) is 7.59. The third-order valence-electron chi connectivity index (χ3n) is 5.22. The molecule has 0 atom stereocenters. The summed E-state index contributed by atoms with van der Waals surface area (Å²) < 4.78 is 20.9. The fourth-order valence-electron chi connectivity index (χ4n) is 3.57. The molecule has 2 fully saturated rings. The van der Waals surface area contributed by atoms with E-state index in [1.807, 2.05) is 12.1 Å². The van der Waals surface area contributed by atoms with E-state index in [1.54, 1.807) is 23.1 Å². The number of carbonyl (C=O) groups is 3. The fraction of sp³-hybridized carbons (Fsp3) is 0.261. The molecule has 0 radical (unpaired) electrons. The lowest BCUT2D eigenvalue weighted by atomic mass is 10.2. The van der Waals surface area contributed by atoms with Gasteiger partial charge in [-0.15, -0.1) is 0 Å². The standard InChI is InChI=1S/C23H19FI2N2O4S/c24-16-5-3-4-14(8-16)13-32-21-17(25)9-15(10-18(21)26)11-19-22(30)28(23(31)33-19)12-20(29)27-6-1-2-7-27/h3-5,8-11H,1-2,6-7,12-13H2/b19-11+. The van der Waals surface area contributed by atoms with Crippen molar-refractivity contribution in [2.45, 2.75) is 19.4 Å². The van der Waals surface area contributed by atoms with E-state index in [1.165, 1.54) is 12.1 Å². The van der Waals surface area contributed by atoms with Crippen LogP contribution in [0.25, 0.3) is 6.08 Å². The molecule has 2 aliphatic rings. The Morgan fingerprint density at radius 3 is 2.48 bits per heavy atom. The third-order valence-corrected chi connectivity index (χ3v) is 7.73. The van der Waals surface area contributed by atoms with Crippen LogP contribution < -0.4 is 4.74 Å². The van der Waals surface area contributed by atoms with Gasteiger partial charge in [0.15, 0.2) is 0 Å². The first kappa shape index (κ1) is 24.5. The first-order valence-electron chi connectivity index (χ1n) is 10.2. The van der Waals surface area contributed by atoms with Gasteiger partial charge in [0, 0.05) is 13.1 Å². The van der Waals surface area contributed by atoms with Crippen LogP contribution in [0.3, 0.4) is 0 Å². The Hall–Kier alpha value is -1.67. The molecule has 172 valence electrons. The summed E-state index contributed by atoms with van der Waals surface area (Å²) in [6.07, 6.45) is 3.56. The number of nitrogens with zero attached hydrogens (tertiary/aromatic N) is 2. The van der Waals surface area contributed by atoms with Gasteiger partial charge in [0.2, 0.25) is 5.91 Å². The predicted octanol–water partition coefficient (Wildman–Crippen LogP) is 5.27. The van der Waals surface area contributed by atoms with E-state index < -0.39 is 11.1 Å². The molecule has 0 unspecified atom stereocenters. The number of amides is 3. The fourth-order valence-corrected chi connectivity index (χ4v) is 6.54. The lowest BCUT2D eigenvalue weighted by Crippen LogP contribution is -2.40. The van der Waals surface area contributed by atoms with Crippen molar-refractivity contribution >= 4 is 80.1 Å². The number of hydrogen-bond acceptors (Lipinski definition) is 5. The molecule has 3 amide bonds. The molecule has 0 saturated carbocycles. The molecular formula is C23H19FI2N2O4S. The summed E-state index contributed by atoms with van der Waals surface area (Å²) in [6, 6.07) is 9.95. The number of ether oxygens (including phenoxy) is 1. The average Bonchev–Trinajstić information content (AvgIpc) is 3.38. The van der Waals surface area contributed by atoms with E-state index in [0.29, 0.717) is 18.8 Å². The van der Waals surface area contributed by atoms with Gasteiger partial charge in [-0.25, -0.2) is 4.39 Å². The quantitative estimate of drug-likeness (QED) is 0.305. The van der Waals surface area contributed by atoms with Crippen LogP contribution in [0.5, 0.6) is 5.75 Å². The molecule has 4 rings (SSSR count). The van der Waals surface area contributed by atoms with Gasteiger partial charge in [0.05, 0.1) is 12.0 Å². The SMILES string of the molecule is O=C(CN1C(=O)S/C(=C/c2cc(I)c(OCc3cccc(F)c3)c(I)c2)C1=O)N1CCCC1. The number of benzene rings is 2. The molecule has 0 aliphatic carbocycles. The molecule has 2 aromatic rings. The Morgan fingerprint density at radius 2 is 1.82 bits per heavy atom. The molecule has 2 aliphatic heterocycles. The predicted molar refractivity (Wildman–Crippen MR) is 141 cm³/mol. The zero-order valence-corrected chi connectivity index (χ0v) is 22.5. The number of likely N-dealkylation sites (tertiary alicyclic amines) is 1. The van der Waals surface area contributed by atoms with Gasteiger partial charge in [-0.05, 0) is 111 Å². The third kappa shape index (κ3) is 5.88. The Bertz CT molecular complexity index is 1130. The van der Waals surface area contributed by atoms with Gasteiger partial charge >= 0.3 is 0 Å². The summed E-state index contributed by atoms with van der Waals surface area (Å²) in [4.78, 5) is 40.5. The van der Waals surface area contributed by atoms with Gasteiger partial charge in [-0.3, -0.25) is 19.3 Å². The molecule has 2 heterocycles. The lowest BCUT2D eigenvalue weighted by Gasteiger charge is -2.18. The maximum absolute atomic E-state index is 13.4. The lowest BCUT2D eigenvalue weighted by molar-refractivity contribution is -0.135. The molecule has 2 aromatic carbocycles. The Morgan fingerprint density at radius 1 is 1.12 bits per heavy atom. The summed E-state index contributed by atoms with van der Waals surface area (Å²) in [5.41, 5.74) is 1.47. The van der Waals surface area contributed by atoms with E-state index in [9.17, 15) is 18.8 Å². The van der Waals surface area contributed by atoms with Crippen molar-refractivity contribution < 1.29 is 23.5 Å². The van der Waals surface area contributed by atoms with Crippen LogP contribution in [-0.2, 0) is 16.2 Å². The number of thioether (sulfide) groups is 1. The summed E-state index contributed by atoms with van der Waals surface area (Å²) in [6.45, 7) is 1.36. The molecule has 0 bridgehead atoms. The maximum atomic E-state index is 13.4. The van der Waals surface area contributed by atoms with Crippen molar-refractivity contribution in [1.29, 1.82) is 0 Å². The number of imide groups is 1. The number of hydrogen-bond donors (Lipinski definition) is 0. The topological polar surface area (TPSA) is 66.9 Å². The monoisotopic (exact) mass is 692 g/mol. The zero-order chi connectivity index (χ0) is 23.5. The molecule has 10 heteroatoms. The Labute approximate surface area is 222 Å². The first-order chi connectivity index (χ1) is 15.8. The molecular weight excluding hydrogens is 673 g/mol. The minimum absolute atomic E-state index is 0.194. The number of halogens is 3. The summed E-state index contributed by atoms with van der Waals surface area (Å²) in [5.74, 6) is -0.289. The Kier molecular flexibility index (Phi) is 7.95. The van der Waals surface area contributed by atoms with Crippen molar-refractivity contribution in [3.05, 3.63) is 65.4 Å². The largest absolute Gasteiger partial charge is 0.487 e. The van der Waals surface area contributed by atoms with Crippen LogP contribution in [0.2, 0.25) is 0 Å². The van der Waals surface area contributed by atoms with Crippen molar-refractivity contribution in [3.8, 4) is 5.75 Å². The molecule has 0 N–H and O–H groups in total. The summed E-state index contributed by atoms with van der Waals surface area (Å²) in [7, 11) is 0. The highest BCUT2D eigenvalue weighted by Crippen LogP contribution is 2.35. The number of carbonyl (C=O) groups excluding carboxylic acids is 3. The Balaban J connectivity index is 1.46. The first-order valence-corrected chi connectivity index (χ1v) is 13.2. The van der Waals surface area contributed by atoms with Gasteiger partial charge in [-0.2, -0.15) is 0 Å². The highest BCUT2D eigenvalue weighted by atomic mass is 127. The van der Waals surface area contributed by atoms with Crippen molar-refractivity contribution in [3.63, 3.8) is 0 Å². The van der Waals surface area contributed by atoms with Crippen LogP contribution in [0.4, 0.5) is 9.18 Å². The highest BCUT2D eigenvalue weighted by molar-refractivity contribution is 14.1. The summed E-state index contributed by atoms with van der Waals surface area (Å²) >= 11 is 5.13. The van der Waals surface area contributed by atoms with E-state index in [4.69, 9.17) is 4.74 Å². The average molecular weight is 692 g/mol. The normalized spacial score (nSPS) is 17.4. The van der Waals surface area contributed by atoms with E-state index in [-0.39, 0.29) is 29.8 Å². The van der Waals surface area contributed by atoms with Crippen molar-refractivity contribution in [2.75, 3.05) is 19.6 Å². The smallest absolute Gasteiger partial charge is 0.294 e. The van der Waals surface area contributed by atoms with Crippen LogP contribution in [0.1, 0.15) is 24.0 Å². The molecule has 2 saturated heterocycles. The highest BCUT2D eigenvalue weighted by Gasteiger charge is 2.37. The van der Waals surface area contributed by atoms with Crippen LogP contribution >= 0.6 is 56.9 Å². The van der Waals surface area contributed by atoms with Crippen molar-refractivity contribution in [1.82, 2.24) is 9.80 Å². The summed E-state index contributed by atoms with van der Waals surface area (Å²) in [5, 5.41) is -0.432.